The van der Waals surface area contributed by atoms with Crippen molar-refractivity contribution >= 4 is 6.41 Å². The smallest absolute Gasteiger partial charge is 0.209 e. The van der Waals surface area contributed by atoms with Gasteiger partial charge in [0.15, 0.2) is 0 Å². The Balaban J connectivity index is 1.70. The van der Waals surface area contributed by atoms with E-state index in [1.807, 2.05) is 4.90 Å². The van der Waals surface area contributed by atoms with Crippen LogP contribution < -0.4 is 0 Å². The molecule has 0 aromatic carbocycles. The van der Waals surface area contributed by atoms with E-state index in [4.69, 9.17) is 0 Å². The second-order valence-corrected chi connectivity index (χ2v) is 3.89. The Morgan fingerprint density at radius 3 is 2.33 bits per heavy atom. The highest BCUT2D eigenvalue weighted by atomic mass is 16.1. The molecule has 3 nitrogen and oxygen atoms in total. The molecule has 68 valence electrons. The van der Waals surface area contributed by atoms with Crippen molar-refractivity contribution in [2.45, 2.75) is 12.8 Å². The quantitative estimate of drug-likeness (QED) is 0.561. The molecule has 0 unspecified atom stereocenters. The monoisotopic (exact) mass is 168 g/mol. The zero-order chi connectivity index (χ0) is 8.39. The van der Waals surface area contributed by atoms with Gasteiger partial charge in [0.25, 0.3) is 0 Å². The van der Waals surface area contributed by atoms with Gasteiger partial charge in [-0.2, -0.15) is 0 Å². The van der Waals surface area contributed by atoms with Gasteiger partial charge >= 0.3 is 0 Å². The summed E-state index contributed by atoms with van der Waals surface area (Å²) in [6.07, 6.45) is 3.82. The Hall–Kier alpha value is -0.570. The van der Waals surface area contributed by atoms with Gasteiger partial charge in [-0.15, -0.1) is 0 Å². The molecule has 1 aliphatic carbocycles. The van der Waals surface area contributed by atoms with Gasteiger partial charge in [-0.05, 0) is 18.8 Å². The van der Waals surface area contributed by atoms with Crippen LogP contribution in [0.2, 0.25) is 0 Å². The van der Waals surface area contributed by atoms with Crippen LogP contribution in [0.4, 0.5) is 0 Å². The molecule has 1 heterocycles. The normalized spacial score (nSPS) is 25.8. The number of hydrogen-bond donors (Lipinski definition) is 0. The van der Waals surface area contributed by atoms with Gasteiger partial charge in [-0.1, -0.05) is 0 Å². The average molecular weight is 168 g/mol. The van der Waals surface area contributed by atoms with Crippen LogP contribution in [0.5, 0.6) is 0 Å². The molecule has 0 N–H and O–H groups in total. The van der Waals surface area contributed by atoms with Crippen molar-refractivity contribution in [3.8, 4) is 0 Å². The summed E-state index contributed by atoms with van der Waals surface area (Å²) in [6.45, 7) is 5.28. The maximum atomic E-state index is 10.4. The first-order valence-electron chi connectivity index (χ1n) is 4.80. The zero-order valence-corrected chi connectivity index (χ0v) is 7.41. The van der Waals surface area contributed by atoms with Crippen molar-refractivity contribution < 1.29 is 4.79 Å². The lowest BCUT2D eigenvalue weighted by Gasteiger charge is -2.32. The Morgan fingerprint density at radius 2 is 1.83 bits per heavy atom. The Labute approximate surface area is 73.3 Å². The van der Waals surface area contributed by atoms with Crippen molar-refractivity contribution in [1.82, 2.24) is 9.80 Å². The summed E-state index contributed by atoms with van der Waals surface area (Å²) in [5.74, 6) is 0.979. The van der Waals surface area contributed by atoms with E-state index in [1.165, 1.54) is 19.4 Å². The van der Waals surface area contributed by atoms with Crippen molar-refractivity contribution in [1.29, 1.82) is 0 Å². The van der Waals surface area contributed by atoms with E-state index >= 15 is 0 Å². The fourth-order valence-corrected chi connectivity index (χ4v) is 1.72. The summed E-state index contributed by atoms with van der Waals surface area (Å²) in [5, 5.41) is 0. The predicted molar refractivity (Wildman–Crippen MR) is 46.8 cm³/mol. The molecule has 1 aliphatic heterocycles. The number of amides is 1. The Kier molecular flexibility index (Phi) is 2.30. The van der Waals surface area contributed by atoms with Crippen molar-refractivity contribution in [2.24, 2.45) is 5.92 Å². The molecular weight excluding hydrogens is 152 g/mol. The molecular formula is C9H16N2O. The van der Waals surface area contributed by atoms with Crippen LogP contribution in [0.25, 0.3) is 0 Å². The molecule has 3 heteroatoms. The summed E-state index contributed by atoms with van der Waals surface area (Å²) >= 11 is 0. The number of carbonyl (C=O) groups excluding carboxylic acids is 1. The fraction of sp³-hybridized carbons (Fsp3) is 0.889. The summed E-state index contributed by atoms with van der Waals surface area (Å²) in [7, 11) is 0. The van der Waals surface area contributed by atoms with E-state index < -0.39 is 0 Å². The van der Waals surface area contributed by atoms with Crippen molar-refractivity contribution in [2.75, 3.05) is 32.7 Å². The first-order chi connectivity index (χ1) is 5.88. The molecule has 0 aromatic rings. The summed E-state index contributed by atoms with van der Waals surface area (Å²) in [4.78, 5) is 14.8. The van der Waals surface area contributed by atoms with Gasteiger partial charge in [0.05, 0.1) is 0 Å². The van der Waals surface area contributed by atoms with E-state index in [0.29, 0.717) is 0 Å². The molecule has 1 amide bonds. The third-order valence-corrected chi connectivity index (χ3v) is 2.77. The maximum absolute atomic E-state index is 10.4. The van der Waals surface area contributed by atoms with Crippen LogP contribution in [0.3, 0.4) is 0 Å². The predicted octanol–water partition coefficient (Wildman–Crippen LogP) is 0.170. The van der Waals surface area contributed by atoms with Gasteiger partial charge in [-0.25, -0.2) is 0 Å². The summed E-state index contributed by atoms with van der Waals surface area (Å²) in [6, 6.07) is 0. The number of piperazine rings is 1. The topological polar surface area (TPSA) is 23.6 Å². The minimum Gasteiger partial charge on any atom is -0.343 e. The van der Waals surface area contributed by atoms with Gasteiger partial charge < -0.3 is 4.90 Å². The highest BCUT2D eigenvalue weighted by molar-refractivity contribution is 5.47. The van der Waals surface area contributed by atoms with E-state index in [0.717, 1.165) is 38.5 Å². The Bertz CT molecular complexity index is 160. The number of rotatable bonds is 3. The zero-order valence-electron chi connectivity index (χ0n) is 7.41. The lowest BCUT2D eigenvalue weighted by molar-refractivity contribution is -0.119. The molecule has 0 spiro atoms. The van der Waals surface area contributed by atoms with E-state index in [2.05, 4.69) is 4.90 Å². The Morgan fingerprint density at radius 1 is 1.17 bits per heavy atom. The average Bonchev–Trinajstić information content (AvgIpc) is 2.90. The van der Waals surface area contributed by atoms with Gasteiger partial charge in [0.1, 0.15) is 0 Å². The molecule has 2 aliphatic rings. The lowest BCUT2D eigenvalue weighted by atomic mass is 10.3. The summed E-state index contributed by atoms with van der Waals surface area (Å²) < 4.78 is 0. The van der Waals surface area contributed by atoms with E-state index in [1.54, 1.807) is 0 Å². The highest BCUT2D eigenvalue weighted by Gasteiger charge is 2.25. The first kappa shape index (κ1) is 8.05. The van der Waals surface area contributed by atoms with E-state index in [9.17, 15) is 4.79 Å². The second-order valence-electron chi connectivity index (χ2n) is 3.89. The van der Waals surface area contributed by atoms with Gasteiger partial charge in [0.2, 0.25) is 6.41 Å². The molecule has 0 atom stereocenters. The van der Waals surface area contributed by atoms with Crippen LogP contribution >= 0.6 is 0 Å². The minimum absolute atomic E-state index is 0.927. The van der Waals surface area contributed by atoms with Crippen LogP contribution in [-0.4, -0.2) is 48.9 Å². The van der Waals surface area contributed by atoms with Crippen LogP contribution in [0.1, 0.15) is 12.8 Å². The third kappa shape index (κ3) is 1.97. The third-order valence-electron chi connectivity index (χ3n) is 2.77. The minimum atomic E-state index is 0.927. The number of hydrogen-bond acceptors (Lipinski definition) is 2. The summed E-state index contributed by atoms with van der Waals surface area (Å²) in [5.41, 5.74) is 0. The first-order valence-corrected chi connectivity index (χ1v) is 4.80. The fourth-order valence-electron chi connectivity index (χ4n) is 1.72. The number of carbonyl (C=O) groups is 1. The lowest BCUT2D eigenvalue weighted by Crippen LogP contribution is -2.46. The SMILES string of the molecule is O=CN1CCN(CC2CC2)CC1. The van der Waals surface area contributed by atoms with Crippen LogP contribution in [0, 0.1) is 5.92 Å². The molecule has 2 fully saturated rings. The van der Waals surface area contributed by atoms with Crippen LogP contribution in [-0.2, 0) is 4.79 Å². The second kappa shape index (κ2) is 3.44. The number of nitrogens with zero attached hydrogens (tertiary/aromatic N) is 2. The standard InChI is InChI=1S/C9H16N2O/c12-8-11-5-3-10(4-6-11)7-9-1-2-9/h8-9H,1-7H2. The largest absolute Gasteiger partial charge is 0.343 e. The van der Waals surface area contributed by atoms with Crippen molar-refractivity contribution in [3.63, 3.8) is 0 Å². The molecule has 0 radical (unpaired) electrons. The maximum Gasteiger partial charge on any atom is 0.209 e. The molecule has 2 rings (SSSR count). The van der Waals surface area contributed by atoms with Gasteiger partial charge in [-0.3, -0.25) is 9.69 Å². The molecule has 1 saturated carbocycles. The molecule has 1 saturated heterocycles. The van der Waals surface area contributed by atoms with E-state index in [-0.39, 0.29) is 0 Å². The highest BCUT2D eigenvalue weighted by Crippen LogP contribution is 2.29. The van der Waals surface area contributed by atoms with Gasteiger partial charge in [0, 0.05) is 32.7 Å². The van der Waals surface area contributed by atoms with Crippen molar-refractivity contribution in [3.05, 3.63) is 0 Å². The van der Waals surface area contributed by atoms with Crippen LogP contribution in [0.15, 0.2) is 0 Å². The molecule has 0 aromatic heterocycles. The molecule has 12 heavy (non-hydrogen) atoms. The molecule has 0 bridgehead atoms.